The molecular formula is C14H22ClN3. The van der Waals surface area contributed by atoms with Crippen LogP contribution >= 0.6 is 11.6 Å². The van der Waals surface area contributed by atoms with Gasteiger partial charge in [0.05, 0.1) is 0 Å². The fourth-order valence-corrected chi connectivity index (χ4v) is 3.02. The molecule has 2 heterocycles. The minimum Gasteiger partial charge on any atom is -0.356 e. The zero-order valence-corrected chi connectivity index (χ0v) is 12.3. The Bertz CT molecular complexity index is 406. The van der Waals surface area contributed by atoms with Gasteiger partial charge in [0.1, 0.15) is 17.3 Å². The zero-order valence-electron chi connectivity index (χ0n) is 11.5. The highest BCUT2D eigenvalue weighted by Crippen LogP contribution is 2.39. The van der Waals surface area contributed by atoms with Crippen molar-refractivity contribution in [2.75, 3.05) is 18.0 Å². The van der Waals surface area contributed by atoms with E-state index < -0.39 is 0 Å². The summed E-state index contributed by atoms with van der Waals surface area (Å²) in [4.78, 5) is 10.8. The molecule has 3 nitrogen and oxygen atoms in total. The van der Waals surface area contributed by atoms with Gasteiger partial charge in [-0.1, -0.05) is 38.3 Å². The van der Waals surface area contributed by atoms with Gasteiger partial charge in [-0.2, -0.15) is 0 Å². The summed E-state index contributed by atoms with van der Waals surface area (Å²) >= 11 is 6.07. The third-order valence-electron chi connectivity index (χ3n) is 4.62. The predicted molar refractivity (Wildman–Crippen MR) is 76.2 cm³/mol. The molecule has 1 saturated heterocycles. The molecule has 1 aliphatic heterocycles. The smallest absolute Gasteiger partial charge is 0.137 e. The minimum atomic E-state index is 0.543. The molecule has 100 valence electrons. The maximum Gasteiger partial charge on any atom is 0.137 e. The second-order valence-electron chi connectivity index (χ2n) is 5.31. The van der Waals surface area contributed by atoms with E-state index in [1.165, 1.54) is 25.7 Å². The second kappa shape index (κ2) is 5.43. The monoisotopic (exact) mass is 267 g/mol. The molecule has 1 aromatic heterocycles. The van der Waals surface area contributed by atoms with E-state index in [4.69, 9.17) is 11.6 Å². The fourth-order valence-electron chi connectivity index (χ4n) is 2.89. The van der Waals surface area contributed by atoms with Crippen molar-refractivity contribution >= 4 is 17.4 Å². The molecule has 0 radical (unpaired) electrons. The van der Waals surface area contributed by atoms with E-state index in [1.807, 2.05) is 6.92 Å². The van der Waals surface area contributed by atoms with Crippen LogP contribution in [0.15, 0.2) is 6.33 Å². The third-order valence-corrected chi connectivity index (χ3v) is 5.00. The Morgan fingerprint density at radius 3 is 2.39 bits per heavy atom. The number of hydrogen-bond acceptors (Lipinski definition) is 3. The van der Waals surface area contributed by atoms with Crippen LogP contribution in [0, 0.1) is 12.3 Å². The van der Waals surface area contributed by atoms with Gasteiger partial charge < -0.3 is 4.90 Å². The Balaban J connectivity index is 2.12. The van der Waals surface area contributed by atoms with Crippen LogP contribution in [0.2, 0.25) is 5.15 Å². The molecule has 0 amide bonds. The fraction of sp³-hybridized carbons (Fsp3) is 0.714. The number of piperidine rings is 1. The second-order valence-corrected chi connectivity index (χ2v) is 5.67. The lowest BCUT2D eigenvalue weighted by Crippen LogP contribution is -2.40. The highest BCUT2D eigenvalue weighted by atomic mass is 35.5. The number of rotatable bonds is 3. The minimum absolute atomic E-state index is 0.543. The quantitative estimate of drug-likeness (QED) is 0.779. The normalized spacial score (nSPS) is 19.0. The van der Waals surface area contributed by atoms with Gasteiger partial charge in [0.2, 0.25) is 0 Å². The zero-order chi connectivity index (χ0) is 13.2. The number of hydrogen-bond donors (Lipinski definition) is 0. The van der Waals surface area contributed by atoms with E-state index >= 15 is 0 Å². The highest BCUT2D eigenvalue weighted by Gasteiger charge is 2.32. The molecule has 1 aromatic rings. The molecule has 18 heavy (non-hydrogen) atoms. The van der Waals surface area contributed by atoms with Crippen LogP contribution in [-0.2, 0) is 0 Å². The first-order chi connectivity index (χ1) is 8.62. The molecule has 0 spiro atoms. The van der Waals surface area contributed by atoms with Gasteiger partial charge in [0.15, 0.2) is 0 Å². The van der Waals surface area contributed by atoms with Gasteiger partial charge in [0, 0.05) is 18.7 Å². The van der Waals surface area contributed by atoms with E-state index in [-0.39, 0.29) is 0 Å². The number of anilines is 1. The van der Waals surface area contributed by atoms with Crippen molar-refractivity contribution in [2.45, 2.75) is 46.5 Å². The summed E-state index contributed by atoms with van der Waals surface area (Å²) in [5.74, 6) is 1.01. The van der Waals surface area contributed by atoms with Gasteiger partial charge in [-0.3, -0.25) is 0 Å². The van der Waals surface area contributed by atoms with Crippen LogP contribution in [0.5, 0.6) is 0 Å². The van der Waals surface area contributed by atoms with Crippen LogP contribution in [0.1, 0.15) is 45.1 Å². The van der Waals surface area contributed by atoms with Crippen molar-refractivity contribution in [1.82, 2.24) is 9.97 Å². The number of nitrogens with zero attached hydrogens (tertiary/aromatic N) is 3. The summed E-state index contributed by atoms with van der Waals surface area (Å²) < 4.78 is 0. The molecule has 0 bridgehead atoms. The summed E-state index contributed by atoms with van der Waals surface area (Å²) in [6, 6.07) is 0. The molecule has 0 aliphatic carbocycles. The Morgan fingerprint density at radius 1 is 1.22 bits per heavy atom. The van der Waals surface area contributed by atoms with Gasteiger partial charge in [0.25, 0.3) is 0 Å². The van der Waals surface area contributed by atoms with Gasteiger partial charge in [-0.05, 0) is 25.2 Å². The van der Waals surface area contributed by atoms with Crippen LogP contribution < -0.4 is 4.90 Å². The summed E-state index contributed by atoms with van der Waals surface area (Å²) in [5.41, 5.74) is 1.54. The summed E-state index contributed by atoms with van der Waals surface area (Å²) in [7, 11) is 0. The first-order valence-electron chi connectivity index (χ1n) is 6.84. The first-order valence-corrected chi connectivity index (χ1v) is 7.22. The lowest BCUT2D eigenvalue weighted by atomic mass is 9.74. The maximum atomic E-state index is 6.07. The van der Waals surface area contributed by atoms with Crippen LogP contribution in [0.3, 0.4) is 0 Å². The first kappa shape index (κ1) is 13.6. The Kier molecular flexibility index (Phi) is 4.10. The molecule has 0 N–H and O–H groups in total. The average Bonchev–Trinajstić information content (AvgIpc) is 2.42. The van der Waals surface area contributed by atoms with Crippen LogP contribution in [0.25, 0.3) is 0 Å². The van der Waals surface area contributed by atoms with E-state index in [0.29, 0.717) is 10.6 Å². The Labute approximate surface area is 115 Å². The Hall–Kier alpha value is -0.830. The number of aromatic nitrogens is 2. The average molecular weight is 268 g/mol. The molecule has 0 atom stereocenters. The molecule has 0 saturated carbocycles. The van der Waals surface area contributed by atoms with E-state index in [0.717, 1.165) is 24.5 Å². The van der Waals surface area contributed by atoms with Crippen molar-refractivity contribution in [3.8, 4) is 0 Å². The molecule has 4 heteroatoms. The molecule has 0 unspecified atom stereocenters. The van der Waals surface area contributed by atoms with Crippen molar-refractivity contribution in [2.24, 2.45) is 5.41 Å². The highest BCUT2D eigenvalue weighted by molar-refractivity contribution is 6.30. The van der Waals surface area contributed by atoms with Crippen molar-refractivity contribution < 1.29 is 0 Å². The Morgan fingerprint density at radius 2 is 1.83 bits per heavy atom. The SMILES string of the molecule is CCC1(CC)CCN(c2ncnc(Cl)c2C)CC1. The van der Waals surface area contributed by atoms with E-state index in [9.17, 15) is 0 Å². The van der Waals surface area contributed by atoms with Crippen molar-refractivity contribution in [1.29, 1.82) is 0 Å². The van der Waals surface area contributed by atoms with Crippen molar-refractivity contribution in [3.63, 3.8) is 0 Å². The topological polar surface area (TPSA) is 29.0 Å². The molecule has 0 aromatic carbocycles. The summed E-state index contributed by atoms with van der Waals surface area (Å²) in [6.45, 7) is 8.78. The van der Waals surface area contributed by atoms with E-state index in [1.54, 1.807) is 6.33 Å². The van der Waals surface area contributed by atoms with Crippen LogP contribution in [0.4, 0.5) is 5.82 Å². The molecule has 2 rings (SSSR count). The molecular weight excluding hydrogens is 246 g/mol. The van der Waals surface area contributed by atoms with Crippen molar-refractivity contribution in [3.05, 3.63) is 17.0 Å². The summed E-state index contributed by atoms with van der Waals surface area (Å²) in [6.07, 6.45) is 6.62. The largest absolute Gasteiger partial charge is 0.356 e. The van der Waals surface area contributed by atoms with Crippen LogP contribution in [-0.4, -0.2) is 23.1 Å². The lowest BCUT2D eigenvalue weighted by Gasteiger charge is -2.41. The molecule has 1 aliphatic rings. The molecule has 1 fully saturated rings. The third kappa shape index (κ3) is 2.46. The standard InChI is InChI=1S/C14H22ClN3/c1-4-14(5-2)6-8-18(9-7-14)13-11(3)12(15)16-10-17-13/h10H,4-9H2,1-3H3. The van der Waals surface area contributed by atoms with Gasteiger partial charge in [-0.15, -0.1) is 0 Å². The predicted octanol–water partition coefficient (Wildman–Crippen LogP) is 3.85. The van der Waals surface area contributed by atoms with Gasteiger partial charge >= 0.3 is 0 Å². The van der Waals surface area contributed by atoms with Gasteiger partial charge in [-0.25, -0.2) is 9.97 Å². The maximum absolute atomic E-state index is 6.07. The lowest BCUT2D eigenvalue weighted by molar-refractivity contribution is 0.199. The number of halogens is 1. The summed E-state index contributed by atoms with van der Waals surface area (Å²) in [5, 5.41) is 0.572. The van der Waals surface area contributed by atoms with E-state index in [2.05, 4.69) is 28.7 Å².